The van der Waals surface area contributed by atoms with E-state index >= 15 is 0 Å². The number of rotatable bonds is 3. The molecule has 3 heteroatoms. The molecule has 4 rings (SSSR count). The Labute approximate surface area is 142 Å². The van der Waals surface area contributed by atoms with Gasteiger partial charge in [0.25, 0.3) is 0 Å². The van der Waals surface area contributed by atoms with Gasteiger partial charge in [-0.25, -0.2) is 0 Å². The first kappa shape index (κ1) is 15.1. The van der Waals surface area contributed by atoms with E-state index in [-0.39, 0.29) is 17.7 Å². The number of nitrogens with zero attached hydrogens (tertiary/aromatic N) is 2. The van der Waals surface area contributed by atoms with E-state index in [9.17, 15) is 10.1 Å². The minimum Gasteiger partial charge on any atom is -0.297 e. The molecule has 3 atom stereocenters. The third kappa shape index (κ3) is 2.18. The molecule has 0 amide bonds. The van der Waals surface area contributed by atoms with E-state index in [2.05, 4.69) is 23.1 Å². The molecule has 24 heavy (non-hydrogen) atoms. The normalized spacial score (nSPS) is 29.4. The fourth-order valence-electron chi connectivity index (χ4n) is 4.51. The molecule has 0 unspecified atom stereocenters. The van der Waals surface area contributed by atoms with Gasteiger partial charge in [0.2, 0.25) is 0 Å². The van der Waals surface area contributed by atoms with Crippen molar-refractivity contribution in [3.8, 4) is 6.07 Å². The summed E-state index contributed by atoms with van der Waals surface area (Å²) in [6, 6.07) is 22.9. The lowest BCUT2D eigenvalue weighted by molar-refractivity contribution is -0.135. The van der Waals surface area contributed by atoms with E-state index in [4.69, 9.17) is 0 Å². The molecule has 0 aliphatic carbocycles. The molecule has 0 saturated carbocycles. The van der Waals surface area contributed by atoms with Crippen molar-refractivity contribution in [1.29, 1.82) is 5.26 Å². The molecule has 2 fully saturated rings. The van der Waals surface area contributed by atoms with Crippen LogP contribution < -0.4 is 0 Å². The number of nitriles is 1. The zero-order chi connectivity index (χ0) is 16.6. The Kier molecular flexibility index (Phi) is 3.70. The van der Waals surface area contributed by atoms with Crippen LogP contribution in [-0.4, -0.2) is 16.7 Å². The number of Topliss-reactive ketones (excluding diaryl/α,β-unsaturated/α-hetero) is 1. The number of piperidine rings is 1. The third-order valence-electron chi connectivity index (χ3n) is 5.61. The highest BCUT2D eigenvalue weighted by Gasteiger charge is 2.59. The van der Waals surface area contributed by atoms with Crippen molar-refractivity contribution in [2.45, 2.75) is 37.4 Å². The predicted octanol–water partition coefficient (Wildman–Crippen LogP) is 3.66. The summed E-state index contributed by atoms with van der Waals surface area (Å²) < 4.78 is 0. The standard InChI is InChI=1S/C21H20N2O/c22-14-17-13-21(18-9-5-2-6-10-18)20(24)12-11-19(17)23(21)15-16-7-3-1-4-8-16/h1-10,17,19H,11-13,15H2/t17-,19-,21+/m0/s1. The van der Waals surface area contributed by atoms with Crippen LogP contribution in [0.3, 0.4) is 0 Å². The molecule has 2 aliphatic heterocycles. The van der Waals surface area contributed by atoms with Crippen molar-refractivity contribution in [2.24, 2.45) is 5.92 Å². The summed E-state index contributed by atoms with van der Waals surface area (Å²) in [6.45, 7) is 0.713. The molecule has 0 aromatic heterocycles. The van der Waals surface area contributed by atoms with E-state index in [0.29, 0.717) is 19.4 Å². The lowest BCUT2D eigenvalue weighted by Gasteiger charge is -2.44. The second-order valence-corrected chi connectivity index (χ2v) is 6.81. The van der Waals surface area contributed by atoms with E-state index in [1.54, 1.807) is 0 Å². The molecule has 0 spiro atoms. The van der Waals surface area contributed by atoms with Gasteiger partial charge in [0, 0.05) is 19.0 Å². The number of hydrogen-bond donors (Lipinski definition) is 0. The Hall–Kier alpha value is -2.44. The molecular weight excluding hydrogens is 296 g/mol. The van der Waals surface area contributed by atoms with Gasteiger partial charge in [-0.2, -0.15) is 5.26 Å². The van der Waals surface area contributed by atoms with E-state index in [1.165, 1.54) is 5.56 Å². The molecule has 3 nitrogen and oxygen atoms in total. The van der Waals surface area contributed by atoms with Crippen LogP contribution in [0.4, 0.5) is 0 Å². The molecule has 2 bridgehead atoms. The van der Waals surface area contributed by atoms with E-state index in [0.717, 1.165) is 12.0 Å². The van der Waals surface area contributed by atoms with Gasteiger partial charge in [-0.05, 0) is 24.0 Å². The van der Waals surface area contributed by atoms with E-state index < -0.39 is 5.54 Å². The van der Waals surface area contributed by atoms with Crippen molar-refractivity contribution in [3.63, 3.8) is 0 Å². The van der Waals surface area contributed by atoms with Crippen molar-refractivity contribution in [1.82, 2.24) is 4.90 Å². The van der Waals surface area contributed by atoms with Gasteiger partial charge >= 0.3 is 0 Å². The number of benzene rings is 2. The van der Waals surface area contributed by atoms with Gasteiger partial charge in [-0.1, -0.05) is 60.7 Å². The van der Waals surface area contributed by atoms with Gasteiger partial charge in [0.05, 0.1) is 12.0 Å². The van der Waals surface area contributed by atoms with Crippen molar-refractivity contribution in [3.05, 3.63) is 71.8 Å². The van der Waals surface area contributed by atoms with Gasteiger partial charge in [0.15, 0.2) is 5.78 Å². The zero-order valence-corrected chi connectivity index (χ0v) is 13.6. The van der Waals surface area contributed by atoms with Crippen LogP contribution in [0.2, 0.25) is 0 Å². The fraction of sp³-hybridized carbons (Fsp3) is 0.333. The monoisotopic (exact) mass is 316 g/mol. The molecule has 2 heterocycles. The molecule has 2 aliphatic rings. The fourth-order valence-corrected chi connectivity index (χ4v) is 4.51. The van der Waals surface area contributed by atoms with Crippen LogP contribution in [0.25, 0.3) is 0 Å². The lowest BCUT2D eigenvalue weighted by Crippen LogP contribution is -2.53. The summed E-state index contributed by atoms with van der Waals surface area (Å²) in [5, 5.41) is 9.66. The molecule has 120 valence electrons. The quantitative estimate of drug-likeness (QED) is 0.868. The maximum atomic E-state index is 13.1. The second kappa shape index (κ2) is 5.89. The van der Waals surface area contributed by atoms with Crippen LogP contribution in [0.1, 0.15) is 30.4 Å². The third-order valence-corrected chi connectivity index (χ3v) is 5.61. The Morgan fingerprint density at radius 3 is 2.42 bits per heavy atom. The zero-order valence-electron chi connectivity index (χ0n) is 13.6. The van der Waals surface area contributed by atoms with Crippen LogP contribution in [0.5, 0.6) is 0 Å². The summed E-state index contributed by atoms with van der Waals surface area (Å²) in [5.41, 5.74) is 1.59. The summed E-state index contributed by atoms with van der Waals surface area (Å²) in [7, 11) is 0. The largest absolute Gasteiger partial charge is 0.297 e. The Balaban J connectivity index is 1.82. The molecule has 2 aromatic rings. The molecule has 2 aromatic carbocycles. The van der Waals surface area contributed by atoms with Crippen molar-refractivity contribution in [2.75, 3.05) is 0 Å². The molecular formula is C21H20N2O. The first-order valence-corrected chi connectivity index (χ1v) is 8.55. The van der Waals surface area contributed by atoms with Crippen molar-refractivity contribution >= 4 is 5.78 Å². The van der Waals surface area contributed by atoms with Crippen LogP contribution in [0.15, 0.2) is 60.7 Å². The van der Waals surface area contributed by atoms with Crippen LogP contribution >= 0.6 is 0 Å². The predicted molar refractivity (Wildman–Crippen MR) is 91.9 cm³/mol. The second-order valence-electron chi connectivity index (χ2n) is 6.81. The highest BCUT2D eigenvalue weighted by atomic mass is 16.1. The summed E-state index contributed by atoms with van der Waals surface area (Å²) in [6.07, 6.45) is 1.98. The molecule has 0 radical (unpaired) electrons. The highest BCUT2D eigenvalue weighted by Crippen LogP contribution is 2.51. The molecule has 0 N–H and O–H groups in total. The average Bonchev–Trinajstić information content (AvgIpc) is 2.86. The number of fused-ring (bicyclic) bond motifs is 2. The van der Waals surface area contributed by atoms with Gasteiger partial charge in [-0.15, -0.1) is 0 Å². The number of hydrogen-bond acceptors (Lipinski definition) is 3. The first-order chi connectivity index (χ1) is 11.8. The Morgan fingerprint density at radius 1 is 1.08 bits per heavy atom. The Morgan fingerprint density at radius 2 is 1.75 bits per heavy atom. The molecule has 2 saturated heterocycles. The minimum absolute atomic E-state index is 0.0830. The SMILES string of the molecule is N#C[C@@H]1C[C@@]2(c3ccccc3)C(=O)CC[C@@H]1N2Cc1ccccc1. The van der Waals surface area contributed by atoms with Gasteiger partial charge in [-0.3, -0.25) is 9.69 Å². The van der Waals surface area contributed by atoms with Gasteiger partial charge in [0.1, 0.15) is 5.54 Å². The maximum Gasteiger partial charge on any atom is 0.157 e. The van der Waals surface area contributed by atoms with Gasteiger partial charge < -0.3 is 0 Å². The number of carbonyl (C=O) groups excluding carboxylic acids is 1. The Bertz CT molecular complexity index is 780. The summed E-state index contributed by atoms with van der Waals surface area (Å²) in [4.78, 5) is 15.4. The summed E-state index contributed by atoms with van der Waals surface area (Å²) in [5.74, 6) is 0.180. The van der Waals surface area contributed by atoms with E-state index in [1.807, 2.05) is 48.5 Å². The number of carbonyl (C=O) groups is 1. The highest BCUT2D eigenvalue weighted by molar-refractivity contribution is 5.91. The average molecular weight is 316 g/mol. The first-order valence-electron chi connectivity index (χ1n) is 8.55. The van der Waals surface area contributed by atoms with Crippen LogP contribution in [0, 0.1) is 17.2 Å². The van der Waals surface area contributed by atoms with Crippen molar-refractivity contribution < 1.29 is 4.79 Å². The lowest BCUT2D eigenvalue weighted by atomic mass is 9.79. The maximum absolute atomic E-state index is 13.1. The summed E-state index contributed by atoms with van der Waals surface area (Å²) >= 11 is 0. The topological polar surface area (TPSA) is 44.1 Å². The smallest absolute Gasteiger partial charge is 0.157 e. The minimum atomic E-state index is -0.638. The van der Waals surface area contributed by atoms with Crippen LogP contribution in [-0.2, 0) is 16.9 Å². The number of ketones is 1.